The molecule has 13 heavy (non-hydrogen) atoms. The average molecular weight is 194 g/mol. The van der Waals surface area contributed by atoms with Crippen LogP contribution in [0, 0.1) is 5.82 Å². The fourth-order valence-corrected chi connectivity index (χ4v) is 0.834. The van der Waals surface area contributed by atoms with E-state index in [9.17, 15) is 17.6 Å². The summed E-state index contributed by atoms with van der Waals surface area (Å²) < 4.78 is 48.0. The molecule has 0 amide bonds. The van der Waals surface area contributed by atoms with Crippen molar-refractivity contribution in [3.63, 3.8) is 0 Å². The van der Waals surface area contributed by atoms with Gasteiger partial charge in [-0.2, -0.15) is 13.2 Å². The van der Waals surface area contributed by atoms with Gasteiger partial charge in [0.1, 0.15) is 5.82 Å². The van der Waals surface area contributed by atoms with Gasteiger partial charge in [-0.05, 0) is 17.7 Å². The zero-order chi connectivity index (χ0) is 10.1. The Balaban J connectivity index is 2.90. The van der Waals surface area contributed by atoms with E-state index < -0.39 is 18.1 Å². The molecular weight excluding hydrogens is 188 g/mol. The zero-order valence-corrected chi connectivity index (χ0v) is 6.35. The molecule has 1 N–H and O–H groups in total. The van der Waals surface area contributed by atoms with E-state index in [1.807, 2.05) is 0 Å². The minimum Gasteiger partial charge on any atom is -0.379 e. The molecule has 1 rings (SSSR count). The molecule has 0 aliphatic rings. The Labute approximate surface area is 71.6 Å². The van der Waals surface area contributed by atoms with E-state index in [0.717, 1.165) is 24.3 Å². The van der Waals surface area contributed by atoms with E-state index in [1.165, 1.54) is 0 Å². The van der Waals surface area contributed by atoms with Gasteiger partial charge in [0.15, 0.2) is 6.10 Å². The number of hydrogen-bond acceptors (Lipinski definition) is 1. The van der Waals surface area contributed by atoms with Crippen LogP contribution in [0.1, 0.15) is 11.7 Å². The second-order valence-electron chi connectivity index (χ2n) is 2.50. The molecule has 0 aromatic heterocycles. The van der Waals surface area contributed by atoms with Gasteiger partial charge in [-0.15, -0.1) is 0 Å². The molecule has 0 spiro atoms. The van der Waals surface area contributed by atoms with Crippen LogP contribution in [-0.2, 0) is 0 Å². The van der Waals surface area contributed by atoms with Gasteiger partial charge in [0.2, 0.25) is 0 Å². The lowest BCUT2D eigenvalue weighted by Gasteiger charge is -2.14. The zero-order valence-electron chi connectivity index (χ0n) is 6.35. The van der Waals surface area contributed by atoms with Crippen molar-refractivity contribution in [1.29, 1.82) is 0 Å². The normalized spacial score (nSPS) is 14.2. The summed E-state index contributed by atoms with van der Waals surface area (Å²) in [4.78, 5) is 0. The lowest BCUT2D eigenvalue weighted by Crippen LogP contribution is -2.20. The Morgan fingerprint density at radius 1 is 1.08 bits per heavy atom. The SMILES string of the molecule is OC(c1ccc(F)cc1)C(F)(F)F. The fraction of sp³-hybridized carbons (Fsp3) is 0.250. The van der Waals surface area contributed by atoms with Crippen LogP contribution in [0.2, 0.25) is 0 Å². The summed E-state index contributed by atoms with van der Waals surface area (Å²) in [6, 6.07) is 3.52. The lowest BCUT2D eigenvalue weighted by molar-refractivity contribution is -0.206. The molecule has 0 heterocycles. The lowest BCUT2D eigenvalue weighted by atomic mass is 10.1. The van der Waals surface area contributed by atoms with Crippen LogP contribution in [0.3, 0.4) is 0 Å². The van der Waals surface area contributed by atoms with Gasteiger partial charge in [0.25, 0.3) is 0 Å². The van der Waals surface area contributed by atoms with E-state index in [0.29, 0.717) is 0 Å². The van der Waals surface area contributed by atoms with Gasteiger partial charge in [-0.3, -0.25) is 0 Å². The van der Waals surface area contributed by atoms with Crippen LogP contribution in [0.5, 0.6) is 0 Å². The average Bonchev–Trinajstić information content (AvgIpc) is 2.03. The molecule has 0 radical (unpaired) electrons. The van der Waals surface area contributed by atoms with Gasteiger partial charge >= 0.3 is 6.18 Å². The number of alkyl halides is 3. The number of rotatable bonds is 1. The number of benzene rings is 1. The molecule has 1 aromatic carbocycles. The van der Waals surface area contributed by atoms with Crippen molar-refractivity contribution in [3.05, 3.63) is 35.6 Å². The first kappa shape index (κ1) is 9.98. The topological polar surface area (TPSA) is 20.2 Å². The monoisotopic (exact) mass is 194 g/mol. The highest BCUT2D eigenvalue weighted by Gasteiger charge is 2.39. The predicted octanol–water partition coefficient (Wildman–Crippen LogP) is 2.42. The molecule has 0 saturated heterocycles. The quantitative estimate of drug-likeness (QED) is 0.680. The first-order chi connectivity index (χ1) is 5.91. The van der Waals surface area contributed by atoms with Crippen LogP contribution >= 0.6 is 0 Å². The van der Waals surface area contributed by atoms with Crippen molar-refractivity contribution in [2.45, 2.75) is 12.3 Å². The largest absolute Gasteiger partial charge is 0.418 e. The van der Waals surface area contributed by atoms with Crippen molar-refractivity contribution < 1.29 is 22.7 Å². The molecule has 1 nitrogen and oxygen atoms in total. The highest BCUT2D eigenvalue weighted by Crippen LogP contribution is 2.32. The predicted molar refractivity (Wildman–Crippen MR) is 37.4 cm³/mol. The highest BCUT2D eigenvalue weighted by molar-refractivity contribution is 5.19. The summed E-state index contributed by atoms with van der Waals surface area (Å²) in [6.07, 6.45) is -7.26. The van der Waals surface area contributed by atoms with Crippen LogP contribution in [-0.4, -0.2) is 11.3 Å². The van der Waals surface area contributed by atoms with Crippen molar-refractivity contribution in [3.8, 4) is 0 Å². The molecule has 0 bridgehead atoms. The first-order valence-corrected chi connectivity index (χ1v) is 3.41. The van der Waals surface area contributed by atoms with Crippen LogP contribution in [0.25, 0.3) is 0 Å². The second-order valence-corrected chi connectivity index (χ2v) is 2.50. The van der Waals surface area contributed by atoms with Crippen LogP contribution < -0.4 is 0 Å². The van der Waals surface area contributed by atoms with Crippen LogP contribution in [0.15, 0.2) is 24.3 Å². The van der Waals surface area contributed by atoms with Gasteiger partial charge in [-0.1, -0.05) is 12.1 Å². The Hall–Kier alpha value is -1.10. The third kappa shape index (κ3) is 2.42. The molecule has 1 aromatic rings. The number of aliphatic hydroxyl groups is 1. The summed E-state index contributed by atoms with van der Waals surface area (Å²) in [5.74, 6) is -0.641. The van der Waals surface area contributed by atoms with Crippen molar-refractivity contribution in [1.82, 2.24) is 0 Å². The fourth-order valence-electron chi connectivity index (χ4n) is 0.834. The smallest absolute Gasteiger partial charge is 0.379 e. The van der Waals surface area contributed by atoms with E-state index in [2.05, 4.69) is 0 Å². The van der Waals surface area contributed by atoms with E-state index >= 15 is 0 Å². The summed E-state index contributed by atoms with van der Waals surface area (Å²) >= 11 is 0. The van der Waals surface area contributed by atoms with E-state index in [4.69, 9.17) is 5.11 Å². The van der Waals surface area contributed by atoms with Crippen LogP contribution in [0.4, 0.5) is 17.6 Å². The molecule has 0 fully saturated rings. The minimum atomic E-state index is -4.71. The highest BCUT2D eigenvalue weighted by atomic mass is 19.4. The van der Waals surface area contributed by atoms with Gasteiger partial charge in [-0.25, -0.2) is 4.39 Å². The van der Waals surface area contributed by atoms with Crippen molar-refractivity contribution in [2.24, 2.45) is 0 Å². The van der Waals surface area contributed by atoms with Gasteiger partial charge in [0, 0.05) is 0 Å². The Morgan fingerprint density at radius 3 is 1.92 bits per heavy atom. The first-order valence-electron chi connectivity index (χ1n) is 3.41. The molecule has 0 aliphatic carbocycles. The molecule has 72 valence electrons. The van der Waals surface area contributed by atoms with Crippen molar-refractivity contribution >= 4 is 0 Å². The summed E-state index contributed by atoms with van der Waals surface area (Å²) in [5, 5.41) is 8.70. The Bertz CT molecular complexity index is 277. The number of aliphatic hydroxyl groups excluding tert-OH is 1. The molecular formula is C8H6F4O. The maximum Gasteiger partial charge on any atom is 0.418 e. The van der Waals surface area contributed by atoms with E-state index in [1.54, 1.807) is 0 Å². The van der Waals surface area contributed by atoms with Gasteiger partial charge in [0.05, 0.1) is 0 Å². The van der Waals surface area contributed by atoms with Gasteiger partial charge < -0.3 is 5.11 Å². The Kier molecular flexibility index (Phi) is 2.56. The van der Waals surface area contributed by atoms with Crippen molar-refractivity contribution in [2.75, 3.05) is 0 Å². The molecule has 1 atom stereocenters. The third-order valence-corrected chi connectivity index (χ3v) is 1.50. The third-order valence-electron chi connectivity index (χ3n) is 1.50. The maximum atomic E-state index is 12.3. The maximum absolute atomic E-state index is 12.3. The summed E-state index contributed by atoms with van der Waals surface area (Å²) in [5.41, 5.74) is -0.367. The molecule has 5 heteroatoms. The minimum absolute atomic E-state index is 0.367. The molecule has 1 unspecified atom stereocenters. The Morgan fingerprint density at radius 2 is 1.54 bits per heavy atom. The summed E-state index contributed by atoms with van der Waals surface area (Å²) in [6.45, 7) is 0. The molecule has 0 saturated carbocycles. The standard InChI is InChI=1S/C8H6F4O/c9-6-3-1-5(2-4-6)7(13)8(10,11)12/h1-4,7,13H. The molecule has 0 aliphatic heterocycles. The van der Waals surface area contributed by atoms with E-state index in [-0.39, 0.29) is 5.56 Å². The number of hydrogen-bond donors (Lipinski definition) is 1. The summed E-state index contributed by atoms with van der Waals surface area (Å²) in [7, 11) is 0. The number of halogens is 4. The second kappa shape index (κ2) is 3.33.